The molecule has 30 heavy (non-hydrogen) atoms. The van der Waals surface area contributed by atoms with Crippen molar-refractivity contribution >= 4 is 34.7 Å². The number of benzene rings is 3. The molecule has 0 atom stereocenters. The molecule has 2 amide bonds. The Balaban J connectivity index is 1.69. The predicted molar refractivity (Wildman–Crippen MR) is 117 cm³/mol. The maximum Gasteiger partial charge on any atom is 0.260 e. The molecule has 146 valence electrons. The lowest BCUT2D eigenvalue weighted by atomic mass is 9.91. The number of nitrogens with one attached hydrogen (secondary N) is 2. The highest BCUT2D eigenvalue weighted by Crippen LogP contribution is 2.30. The Labute approximate surface area is 178 Å². The first-order chi connectivity index (χ1) is 14.5. The van der Waals surface area contributed by atoms with Crippen LogP contribution in [0.3, 0.4) is 0 Å². The number of anilines is 1. The van der Waals surface area contributed by atoms with E-state index in [0.717, 1.165) is 22.4 Å². The lowest BCUT2D eigenvalue weighted by molar-refractivity contribution is -0.114. The van der Waals surface area contributed by atoms with E-state index in [1.807, 2.05) is 48.5 Å². The summed E-state index contributed by atoms with van der Waals surface area (Å²) in [6.45, 7) is 0. The zero-order valence-electron chi connectivity index (χ0n) is 15.8. The SMILES string of the molecule is N#CCc1ccc(N/C=C2\C(=O)NC(=O)c3ccc(-c4ccc(Cl)cc4)cc32)cc1. The molecule has 0 unspecified atom stereocenters. The van der Waals surface area contributed by atoms with Gasteiger partial charge in [-0.2, -0.15) is 5.26 Å². The van der Waals surface area contributed by atoms with Gasteiger partial charge in [0.05, 0.1) is 18.1 Å². The molecule has 3 aromatic rings. The molecule has 0 aromatic heterocycles. The highest BCUT2D eigenvalue weighted by Gasteiger charge is 2.27. The van der Waals surface area contributed by atoms with Gasteiger partial charge < -0.3 is 5.32 Å². The van der Waals surface area contributed by atoms with Crippen LogP contribution < -0.4 is 10.6 Å². The fourth-order valence-electron chi connectivity index (χ4n) is 3.26. The minimum atomic E-state index is -0.464. The minimum absolute atomic E-state index is 0.340. The van der Waals surface area contributed by atoms with Crippen molar-refractivity contribution in [2.24, 2.45) is 0 Å². The van der Waals surface area contributed by atoms with Gasteiger partial charge in [-0.25, -0.2) is 0 Å². The van der Waals surface area contributed by atoms with E-state index in [1.54, 1.807) is 24.4 Å². The van der Waals surface area contributed by atoms with Crippen LogP contribution in [0.4, 0.5) is 5.69 Å². The van der Waals surface area contributed by atoms with Crippen LogP contribution in [0.15, 0.2) is 72.9 Å². The highest BCUT2D eigenvalue weighted by atomic mass is 35.5. The number of amides is 2. The second-order valence-corrected chi connectivity index (χ2v) is 7.22. The Hall–Kier alpha value is -3.88. The van der Waals surface area contributed by atoms with Gasteiger partial charge in [0, 0.05) is 28.0 Å². The Morgan fingerprint density at radius 3 is 2.30 bits per heavy atom. The van der Waals surface area contributed by atoms with Gasteiger partial charge in [-0.15, -0.1) is 0 Å². The van der Waals surface area contributed by atoms with Crippen LogP contribution in [-0.4, -0.2) is 11.8 Å². The van der Waals surface area contributed by atoms with Gasteiger partial charge in [0.2, 0.25) is 0 Å². The summed E-state index contributed by atoms with van der Waals surface area (Å²) >= 11 is 5.97. The van der Waals surface area contributed by atoms with E-state index in [9.17, 15) is 9.59 Å². The number of hydrogen-bond acceptors (Lipinski definition) is 4. The van der Waals surface area contributed by atoms with Gasteiger partial charge in [-0.05, 0) is 53.1 Å². The molecule has 0 bridgehead atoms. The second-order valence-electron chi connectivity index (χ2n) is 6.78. The van der Waals surface area contributed by atoms with Gasteiger partial charge in [-0.3, -0.25) is 14.9 Å². The zero-order chi connectivity index (χ0) is 21.1. The lowest BCUT2D eigenvalue weighted by Crippen LogP contribution is -2.36. The normalized spacial score (nSPS) is 14.1. The van der Waals surface area contributed by atoms with E-state index in [4.69, 9.17) is 16.9 Å². The lowest BCUT2D eigenvalue weighted by Gasteiger charge is -2.19. The van der Waals surface area contributed by atoms with Crippen molar-refractivity contribution in [2.45, 2.75) is 6.42 Å². The molecule has 6 heteroatoms. The number of halogens is 1. The molecule has 1 aliphatic rings. The summed E-state index contributed by atoms with van der Waals surface area (Å²) in [6.07, 6.45) is 1.93. The summed E-state index contributed by atoms with van der Waals surface area (Å²) in [5, 5.41) is 14.9. The van der Waals surface area contributed by atoms with Gasteiger partial charge in [0.25, 0.3) is 11.8 Å². The van der Waals surface area contributed by atoms with Gasteiger partial charge >= 0.3 is 0 Å². The predicted octanol–water partition coefficient (Wildman–Crippen LogP) is 4.80. The van der Waals surface area contributed by atoms with Crippen molar-refractivity contribution in [2.75, 3.05) is 5.32 Å². The number of imide groups is 1. The first-order valence-corrected chi connectivity index (χ1v) is 9.61. The Morgan fingerprint density at radius 1 is 0.900 bits per heavy atom. The van der Waals surface area contributed by atoms with Crippen LogP contribution in [0, 0.1) is 11.3 Å². The van der Waals surface area contributed by atoms with E-state index in [0.29, 0.717) is 28.1 Å². The molecule has 1 aliphatic heterocycles. The topological polar surface area (TPSA) is 82.0 Å². The van der Waals surface area contributed by atoms with E-state index in [-0.39, 0.29) is 0 Å². The molecular formula is C24H16ClN3O2. The average Bonchev–Trinajstić information content (AvgIpc) is 2.75. The fraction of sp³-hybridized carbons (Fsp3) is 0.0417. The van der Waals surface area contributed by atoms with Gasteiger partial charge in [-0.1, -0.05) is 41.9 Å². The smallest absolute Gasteiger partial charge is 0.260 e. The standard InChI is InChI=1S/C24H16ClN3O2/c25-18-6-3-16(4-7-18)17-5-10-20-21(13-17)22(24(30)28-23(20)29)14-27-19-8-1-15(2-9-19)11-12-26/h1-10,13-14,27H,11H2,(H,28,29,30)/b22-14-. The zero-order valence-corrected chi connectivity index (χ0v) is 16.5. The molecule has 0 saturated heterocycles. The Kier molecular flexibility index (Phi) is 5.34. The maximum atomic E-state index is 12.5. The number of carbonyl (C=O) groups excluding carboxylic acids is 2. The number of nitrogens with zero attached hydrogens (tertiary/aromatic N) is 1. The molecule has 3 aromatic carbocycles. The average molecular weight is 414 g/mol. The number of nitriles is 1. The van der Waals surface area contributed by atoms with E-state index in [2.05, 4.69) is 16.7 Å². The third kappa shape index (κ3) is 3.95. The van der Waals surface area contributed by atoms with Crippen LogP contribution in [-0.2, 0) is 11.2 Å². The summed E-state index contributed by atoms with van der Waals surface area (Å²) < 4.78 is 0. The number of rotatable bonds is 4. The van der Waals surface area contributed by atoms with Crippen molar-refractivity contribution in [1.82, 2.24) is 5.32 Å². The molecule has 4 rings (SSSR count). The van der Waals surface area contributed by atoms with E-state index < -0.39 is 11.8 Å². The number of hydrogen-bond donors (Lipinski definition) is 2. The summed E-state index contributed by atoms with van der Waals surface area (Å²) in [6, 6.07) is 22.2. The van der Waals surface area contributed by atoms with E-state index >= 15 is 0 Å². The molecule has 1 heterocycles. The number of fused-ring (bicyclic) bond motifs is 1. The fourth-order valence-corrected chi connectivity index (χ4v) is 3.38. The van der Waals surface area contributed by atoms with Crippen molar-refractivity contribution in [3.63, 3.8) is 0 Å². The van der Waals surface area contributed by atoms with Gasteiger partial charge in [0.1, 0.15) is 0 Å². The third-order valence-corrected chi connectivity index (χ3v) is 5.08. The third-order valence-electron chi connectivity index (χ3n) is 4.82. The molecule has 0 aliphatic carbocycles. The van der Waals surface area contributed by atoms with Crippen LogP contribution in [0.2, 0.25) is 5.02 Å². The summed E-state index contributed by atoms with van der Waals surface area (Å²) in [7, 11) is 0. The molecule has 5 nitrogen and oxygen atoms in total. The van der Waals surface area contributed by atoms with Crippen molar-refractivity contribution in [1.29, 1.82) is 5.26 Å². The van der Waals surface area contributed by atoms with E-state index in [1.165, 1.54) is 0 Å². The van der Waals surface area contributed by atoms with Crippen molar-refractivity contribution in [3.05, 3.63) is 94.6 Å². The molecular weight excluding hydrogens is 398 g/mol. The van der Waals surface area contributed by atoms with Crippen molar-refractivity contribution in [3.8, 4) is 17.2 Å². The van der Waals surface area contributed by atoms with Crippen LogP contribution in [0.25, 0.3) is 16.7 Å². The molecule has 0 spiro atoms. The van der Waals surface area contributed by atoms with Gasteiger partial charge in [0.15, 0.2) is 0 Å². The Morgan fingerprint density at radius 2 is 1.60 bits per heavy atom. The Bertz CT molecular complexity index is 1210. The summed E-state index contributed by atoms with van der Waals surface area (Å²) in [4.78, 5) is 24.8. The highest BCUT2D eigenvalue weighted by molar-refractivity contribution is 6.31. The number of carbonyl (C=O) groups is 2. The van der Waals surface area contributed by atoms with Crippen molar-refractivity contribution < 1.29 is 9.59 Å². The van der Waals surface area contributed by atoms with Crippen LogP contribution in [0.1, 0.15) is 21.5 Å². The largest absolute Gasteiger partial charge is 0.361 e. The summed E-state index contributed by atoms with van der Waals surface area (Å²) in [5.41, 5.74) is 4.84. The molecule has 2 N–H and O–H groups in total. The van der Waals surface area contributed by atoms with Crippen LogP contribution >= 0.6 is 11.6 Å². The first-order valence-electron chi connectivity index (χ1n) is 9.24. The molecule has 0 radical (unpaired) electrons. The summed E-state index contributed by atoms with van der Waals surface area (Å²) in [5.74, 6) is -0.884. The van der Waals surface area contributed by atoms with Crippen LogP contribution in [0.5, 0.6) is 0 Å². The quantitative estimate of drug-likeness (QED) is 0.475. The first kappa shape index (κ1) is 19.4. The molecule has 0 saturated carbocycles. The monoisotopic (exact) mass is 413 g/mol. The maximum absolute atomic E-state index is 12.5. The molecule has 0 fully saturated rings. The second kappa shape index (κ2) is 8.24. The minimum Gasteiger partial charge on any atom is -0.361 e.